The second-order valence-corrected chi connectivity index (χ2v) is 10.1. The summed E-state index contributed by atoms with van der Waals surface area (Å²) >= 11 is 1.78. The second-order valence-electron chi connectivity index (χ2n) is 8.95. The molecule has 1 saturated carbocycles. The number of carbonyl (C=O) groups excluding carboxylic acids is 1. The third-order valence-corrected chi connectivity index (χ3v) is 8.11. The SMILES string of the molecule is COc1c(-c2cc3c(s2)CCC2(C3)OCCO2)ccc2c(=O)c(C(C)=O)cn(C3CC3)c12. The molecule has 1 aromatic carbocycles. The highest BCUT2D eigenvalue weighted by molar-refractivity contribution is 7.15. The van der Waals surface area contributed by atoms with Crippen LogP contribution in [-0.2, 0) is 22.3 Å². The minimum atomic E-state index is -0.464. The zero-order valence-corrected chi connectivity index (χ0v) is 19.0. The normalized spacial score (nSPS) is 19.4. The van der Waals surface area contributed by atoms with Crippen LogP contribution in [0.1, 0.15) is 53.0 Å². The molecule has 6 rings (SSSR count). The van der Waals surface area contributed by atoms with Crippen LogP contribution in [0.15, 0.2) is 29.2 Å². The number of methoxy groups -OCH3 is 1. The number of benzene rings is 1. The van der Waals surface area contributed by atoms with Gasteiger partial charge in [-0.1, -0.05) is 0 Å². The highest BCUT2D eigenvalue weighted by atomic mass is 32.1. The third kappa shape index (κ3) is 3.06. The number of Topliss-reactive ketones (excluding diaryl/α,β-unsaturated/α-hetero) is 1. The van der Waals surface area contributed by atoms with Gasteiger partial charge in [0.1, 0.15) is 0 Å². The largest absolute Gasteiger partial charge is 0.494 e. The van der Waals surface area contributed by atoms with Crippen LogP contribution in [0.2, 0.25) is 0 Å². The van der Waals surface area contributed by atoms with Gasteiger partial charge in [0.05, 0.1) is 36.8 Å². The third-order valence-electron chi connectivity index (χ3n) is 6.84. The van der Waals surface area contributed by atoms with Crippen LogP contribution < -0.4 is 10.2 Å². The lowest BCUT2D eigenvalue weighted by molar-refractivity contribution is -0.163. The first-order chi connectivity index (χ1) is 15.5. The lowest BCUT2D eigenvalue weighted by atomic mass is 9.92. The Hall–Kier alpha value is -2.48. The zero-order valence-electron chi connectivity index (χ0n) is 18.2. The van der Waals surface area contributed by atoms with E-state index < -0.39 is 5.79 Å². The molecule has 2 aliphatic carbocycles. The number of fused-ring (bicyclic) bond motifs is 2. The molecule has 0 radical (unpaired) electrons. The summed E-state index contributed by atoms with van der Waals surface area (Å²) in [5, 5.41) is 0.540. The van der Waals surface area contributed by atoms with E-state index in [4.69, 9.17) is 14.2 Å². The molecule has 6 nitrogen and oxygen atoms in total. The fourth-order valence-electron chi connectivity index (χ4n) is 5.10. The first-order valence-corrected chi connectivity index (χ1v) is 12.0. The first kappa shape index (κ1) is 20.1. The molecule has 32 heavy (non-hydrogen) atoms. The summed E-state index contributed by atoms with van der Waals surface area (Å²) in [5.74, 6) is 0.0304. The van der Waals surface area contributed by atoms with Crippen LogP contribution in [0.5, 0.6) is 5.75 Å². The number of aryl methyl sites for hydroxylation is 1. The van der Waals surface area contributed by atoms with E-state index in [1.54, 1.807) is 24.6 Å². The molecule has 7 heteroatoms. The Morgan fingerprint density at radius 1 is 1.25 bits per heavy atom. The van der Waals surface area contributed by atoms with Gasteiger partial charge >= 0.3 is 0 Å². The van der Waals surface area contributed by atoms with Crippen molar-refractivity contribution < 1.29 is 19.0 Å². The van der Waals surface area contributed by atoms with E-state index in [9.17, 15) is 9.59 Å². The molecule has 3 aromatic rings. The minimum absolute atomic E-state index is 0.203. The fraction of sp³-hybridized carbons (Fsp3) is 0.440. The lowest BCUT2D eigenvalue weighted by Gasteiger charge is -2.31. The smallest absolute Gasteiger partial charge is 0.200 e. The van der Waals surface area contributed by atoms with Crippen LogP contribution >= 0.6 is 11.3 Å². The van der Waals surface area contributed by atoms with Crippen molar-refractivity contribution in [3.63, 3.8) is 0 Å². The van der Waals surface area contributed by atoms with E-state index in [-0.39, 0.29) is 16.8 Å². The molecule has 0 amide bonds. The average Bonchev–Trinajstić information content (AvgIpc) is 3.40. The topological polar surface area (TPSA) is 66.8 Å². The van der Waals surface area contributed by atoms with E-state index in [0.29, 0.717) is 30.4 Å². The maximum Gasteiger partial charge on any atom is 0.200 e. The van der Waals surface area contributed by atoms with Crippen molar-refractivity contribution in [1.29, 1.82) is 0 Å². The first-order valence-electron chi connectivity index (χ1n) is 11.2. The van der Waals surface area contributed by atoms with Gasteiger partial charge in [-0.2, -0.15) is 0 Å². The Kier molecular flexibility index (Phi) is 4.58. The molecule has 2 fully saturated rings. The van der Waals surface area contributed by atoms with E-state index in [0.717, 1.165) is 48.1 Å². The van der Waals surface area contributed by atoms with Gasteiger partial charge in [-0.15, -0.1) is 11.3 Å². The maximum absolute atomic E-state index is 13.1. The summed E-state index contributed by atoms with van der Waals surface area (Å²) in [6, 6.07) is 6.33. The number of aromatic nitrogens is 1. The van der Waals surface area contributed by atoms with Crippen LogP contribution in [0.4, 0.5) is 0 Å². The standard InChI is InChI=1S/C25H25NO5S/c1-14(27)19-13-26(16-3-4-16)22-18(23(19)28)6-5-17(24(22)29-2)21-11-15-12-25(30-9-10-31-25)8-7-20(15)32-21/h5-6,11,13,16H,3-4,7-10,12H2,1-2H3. The fourth-order valence-corrected chi connectivity index (χ4v) is 6.30. The summed E-state index contributed by atoms with van der Waals surface area (Å²) in [6.07, 6.45) is 6.39. The van der Waals surface area contributed by atoms with Gasteiger partial charge < -0.3 is 18.8 Å². The summed E-state index contributed by atoms with van der Waals surface area (Å²) in [4.78, 5) is 27.7. The second kappa shape index (κ2) is 7.27. The van der Waals surface area contributed by atoms with Crippen molar-refractivity contribution in [1.82, 2.24) is 4.57 Å². The predicted molar refractivity (Wildman–Crippen MR) is 123 cm³/mol. The van der Waals surface area contributed by atoms with Crippen molar-refractivity contribution in [2.24, 2.45) is 0 Å². The molecule has 0 unspecified atom stereocenters. The van der Waals surface area contributed by atoms with Crippen molar-refractivity contribution in [3.05, 3.63) is 50.6 Å². The number of carbonyl (C=O) groups is 1. The van der Waals surface area contributed by atoms with Crippen molar-refractivity contribution in [2.45, 2.75) is 50.9 Å². The number of ether oxygens (including phenoxy) is 3. The Morgan fingerprint density at radius 2 is 2.03 bits per heavy atom. The molecule has 3 aliphatic rings. The van der Waals surface area contributed by atoms with E-state index in [2.05, 4.69) is 10.6 Å². The molecule has 0 atom stereocenters. The molecule has 0 bridgehead atoms. The molecule has 166 valence electrons. The summed E-state index contributed by atoms with van der Waals surface area (Å²) in [7, 11) is 1.65. The van der Waals surface area contributed by atoms with Crippen LogP contribution in [0, 0.1) is 0 Å². The van der Waals surface area contributed by atoms with Crippen molar-refractivity contribution in [2.75, 3.05) is 20.3 Å². The van der Waals surface area contributed by atoms with Gasteiger partial charge in [0.2, 0.25) is 0 Å². The van der Waals surface area contributed by atoms with Crippen molar-refractivity contribution in [3.8, 4) is 16.2 Å². The van der Waals surface area contributed by atoms with Gasteiger partial charge in [-0.3, -0.25) is 9.59 Å². The Labute approximate surface area is 189 Å². The molecular formula is C25H25NO5S. The maximum atomic E-state index is 13.1. The Morgan fingerprint density at radius 3 is 2.72 bits per heavy atom. The molecule has 1 saturated heterocycles. The number of pyridine rings is 1. The highest BCUT2D eigenvalue weighted by Crippen LogP contribution is 2.46. The quantitative estimate of drug-likeness (QED) is 0.546. The van der Waals surface area contributed by atoms with E-state index in [1.807, 2.05) is 12.1 Å². The Bertz CT molecular complexity index is 1310. The van der Waals surface area contributed by atoms with Crippen molar-refractivity contribution >= 4 is 28.0 Å². The van der Waals surface area contributed by atoms with Gasteiger partial charge in [-0.05, 0) is 49.9 Å². The highest BCUT2D eigenvalue weighted by Gasteiger charge is 2.40. The molecular weight excluding hydrogens is 426 g/mol. The van der Waals surface area contributed by atoms with Gasteiger partial charge in [0.25, 0.3) is 0 Å². The number of rotatable bonds is 4. The zero-order chi connectivity index (χ0) is 22.0. The van der Waals surface area contributed by atoms with Gasteiger partial charge in [0, 0.05) is 40.4 Å². The predicted octanol–water partition coefficient (Wildman–Crippen LogP) is 4.51. The van der Waals surface area contributed by atoms with Gasteiger partial charge in [0.15, 0.2) is 22.7 Å². The monoisotopic (exact) mass is 451 g/mol. The number of ketones is 1. The van der Waals surface area contributed by atoms with Gasteiger partial charge in [-0.25, -0.2) is 0 Å². The Balaban J connectivity index is 1.52. The molecule has 1 spiro atoms. The summed E-state index contributed by atoms with van der Waals surface area (Å²) < 4.78 is 19.9. The number of thiophene rings is 1. The lowest BCUT2D eigenvalue weighted by Crippen LogP contribution is -2.36. The van der Waals surface area contributed by atoms with Crippen LogP contribution in [-0.4, -0.2) is 36.5 Å². The molecule has 3 heterocycles. The average molecular weight is 452 g/mol. The molecule has 1 aliphatic heterocycles. The minimum Gasteiger partial charge on any atom is -0.494 e. The number of hydrogen-bond donors (Lipinski definition) is 0. The summed E-state index contributed by atoms with van der Waals surface area (Å²) in [5.41, 5.74) is 3.05. The number of hydrogen-bond acceptors (Lipinski definition) is 6. The summed E-state index contributed by atoms with van der Waals surface area (Å²) in [6.45, 7) is 2.77. The van der Waals surface area contributed by atoms with E-state index in [1.165, 1.54) is 17.4 Å². The van der Waals surface area contributed by atoms with Crippen LogP contribution in [0.25, 0.3) is 21.3 Å². The molecule has 0 N–H and O–H groups in total. The van der Waals surface area contributed by atoms with E-state index >= 15 is 0 Å². The van der Waals surface area contributed by atoms with Crippen LogP contribution in [0.3, 0.4) is 0 Å². The molecule has 2 aromatic heterocycles. The number of nitrogens with zero attached hydrogens (tertiary/aromatic N) is 1.